The first-order valence-corrected chi connectivity index (χ1v) is 6.03. The molecular weight excluding hydrogens is 192 g/mol. The van der Waals surface area contributed by atoms with Gasteiger partial charge in [0.2, 0.25) is 0 Å². The maximum atomic E-state index is 2.38. The van der Waals surface area contributed by atoms with E-state index in [4.69, 9.17) is 0 Å². The molecule has 2 aromatic carbocycles. The Morgan fingerprint density at radius 2 is 1.75 bits per heavy atom. The van der Waals surface area contributed by atoms with Crippen molar-refractivity contribution in [2.45, 2.75) is 25.7 Å². The Hall–Kier alpha value is -1.56. The summed E-state index contributed by atoms with van der Waals surface area (Å²) < 4.78 is 0. The van der Waals surface area contributed by atoms with Crippen LogP contribution in [0.3, 0.4) is 0 Å². The fourth-order valence-electron chi connectivity index (χ4n) is 2.62. The normalized spacial score (nSPS) is 18.4. The Morgan fingerprint density at radius 3 is 2.56 bits per heavy atom. The molecule has 80 valence electrons. The predicted molar refractivity (Wildman–Crippen MR) is 68.6 cm³/mol. The number of hydrogen-bond donors (Lipinski definition) is 0. The van der Waals surface area contributed by atoms with Crippen molar-refractivity contribution >= 4 is 0 Å². The van der Waals surface area contributed by atoms with E-state index in [1.54, 1.807) is 11.1 Å². The van der Waals surface area contributed by atoms with Gasteiger partial charge in [0.1, 0.15) is 0 Å². The summed E-state index contributed by atoms with van der Waals surface area (Å²) in [5, 5.41) is 0. The van der Waals surface area contributed by atoms with E-state index < -0.39 is 0 Å². The van der Waals surface area contributed by atoms with Crippen LogP contribution in [0.15, 0.2) is 48.5 Å². The van der Waals surface area contributed by atoms with Crippen LogP contribution in [0.2, 0.25) is 0 Å². The van der Waals surface area contributed by atoms with Crippen LogP contribution in [-0.2, 0) is 6.42 Å². The second-order valence-electron chi connectivity index (χ2n) is 4.72. The van der Waals surface area contributed by atoms with Gasteiger partial charge < -0.3 is 0 Å². The van der Waals surface area contributed by atoms with Gasteiger partial charge in [-0.15, -0.1) is 0 Å². The molecule has 0 N–H and O–H groups in total. The molecule has 0 aliphatic heterocycles. The third-order valence-electron chi connectivity index (χ3n) is 3.63. The quantitative estimate of drug-likeness (QED) is 0.651. The Kier molecular flexibility index (Phi) is 2.28. The van der Waals surface area contributed by atoms with Crippen molar-refractivity contribution in [2.75, 3.05) is 0 Å². The molecule has 0 nitrogen and oxygen atoms in total. The van der Waals surface area contributed by atoms with Crippen LogP contribution in [0.4, 0.5) is 0 Å². The molecule has 1 atom stereocenters. The lowest BCUT2D eigenvalue weighted by Crippen LogP contribution is -1.87. The highest BCUT2D eigenvalue weighted by atomic mass is 14.2. The van der Waals surface area contributed by atoms with Gasteiger partial charge in [-0.05, 0) is 41.0 Å². The van der Waals surface area contributed by atoms with Crippen molar-refractivity contribution in [3.8, 4) is 11.1 Å². The second-order valence-corrected chi connectivity index (χ2v) is 4.72. The number of benzene rings is 2. The average molecular weight is 208 g/mol. The minimum absolute atomic E-state index is 0.735. The first-order valence-electron chi connectivity index (χ1n) is 6.03. The van der Waals surface area contributed by atoms with Crippen molar-refractivity contribution < 1.29 is 0 Å². The van der Waals surface area contributed by atoms with Gasteiger partial charge in [0.15, 0.2) is 0 Å². The van der Waals surface area contributed by atoms with Crippen molar-refractivity contribution in [3.63, 3.8) is 0 Å². The zero-order valence-corrected chi connectivity index (χ0v) is 9.61. The molecule has 0 fully saturated rings. The maximum absolute atomic E-state index is 2.38. The van der Waals surface area contributed by atoms with Crippen molar-refractivity contribution in [3.05, 3.63) is 59.7 Å². The average Bonchev–Trinajstić information content (AvgIpc) is 2.72. The summed E-state index contributed by atoms with van der Waals surface area (Å²) in [6.45, 7) is 2.33. The monoisotopic (exact) mass is 208 g/mol. The fraction of sp³-hybridized carbons (Fsp3) is 0.250. The molecule has 0 heterocycles. The number of aryl methyl sites for hydroxylation is 1. The van der Waals surface area contributed by atoms with Crippen LogP contribution in [0.1, 0.15) is 30.4 Å². The Bertz CT molecular complexity index is 497. The molecule has 0 saturated heterocycles. The molecule has 0 heteroatoms. The van der Waals surface area contributed by atoms with E-state index in [1.807, 2.05) is 0 Å². The van der Waals surface area contributed by atoms with E-state index in [9.17, 15) is 0 Å². The minimum Gasteiger partial charge on any atom is -0.0622 e. The summed E-state index contributed by atoms with van der Waals surface area (Å²) in [6, 6.07) is 17.6. The van der Waals surface area contributed by atoms with Gasteiger partial charge >= 0.3 is 0 Å². The summed E-state index contributed by atoms with van der Waals surface area (Å²) in [5.41, 5.74) is 5.78. The third-order valence-corrected chi connectivity index (χ3v) is 3.63. The molecule has 1 aliphatic carbocycles. The summed E-state index contributed by atoms with van der Waals surface area (Å²) in [4.78, 5) is 0. The van der Waals surface area contributed by atoms with Crippen LogP contribution in [0, 0.1) is 0 Å². The summed E-state index contributed by atoms with van der Waals surface area (Å²) in [5.74, 6) is 0.735. The molecule has 0 aromatic heterocycles. The van der Waals surface area contributed by atoms with Crippen LogP contribution in [0.5, 0.6) is 0 Å². The number of rotatable bonds is 1. The van der Waals surface area contributed by atoms with E-state index in [0.29, 0.717) is 0 Å². The zero-order valence-electron chi connectivity index (χ0n) is 9.61. The fourth-order valence-corrected chi connectivity index (χ4v) is 2.62. The van der Waals surface area contributed by atoms with Gasteiger partial charge in [0.25, 0.3) is 0 Å². The van der Waals surface area contributed by atoms with E-state index in [2.05, 4.69) is 55.5 Å². The number of fused-ring (bicyclic) bond motifs is 1. The SMILES string of the molecule is CC1CCc2ccc(-c3ccccc3)cc21. The molecule has 0 spiro atoms. The molecule has 1 unspecified atom stereocenters. The van der Waals surface area contributed by atoms with Crippen LogP contribution in [0.25, 0.3) is 11.1 Å². The first-order chi connectivity index (χ1) is 7.84. The molecule has 3 rings (SSSR count). The highest BCUT2D eigenvalue weighted by Gasteiger charge is 2.18. The largest absolute Gasteiger partial charge is 0.0622 e. The summed E-state index contributed by atoms with van der Waals surface area (Å²) in [6.07, 6.45) is 2.57. The van der Waals surface area contributed by atoms with Gasteiger partial charge in [0, 0.05) is 0 Å². The van der Waals surface area contributed by atoms with Crippen LogP contribution < -0.4 is 0 Å². The van der Waals surface area contributed by atoms with E-state index in [-0.39, 0.29) is 0 Å². The smallest absolute Gasteiger partial charge is 0.0181 e. The van der Waals surface area contributed by atoms with Gasteiger partial charge in [-0.1, -0.05) is 55.5 Å². The molecule has 0 bridgehead atoms. The zero-order chi connectivity index (χ0) is 11.0. The highest BCUT2D eigenvalue weighted by molar-refractivity contribution is 5.65. The number of hydrogen-bond acceptors (Lipinski definition) is 0. The highest BCUT2D eigenvalue weighted by Crippen LogP contribution is 2.35. The van der Waals surface area contributed by atoms with Crippen molar-refractivity contribution in [1.82, 2.24) is 0 Å². The van der Waals surface area contributed by atoms with Gasteiger partial charge in [0.05, 0.1) is 0 Å². The Balaban J connectivity index is 2.08. The van der Waals surface area contributed by atoms with Crippen LogP contribution >= 0.6 is 0 Å². The molecule has 0 radical (unpaired) electrons. The minimum atomic E-state index is 0.735. The van der Waals surface area contributed by atoms with Crippen LogP contribution in [-0.4, -0.2) is 0 Å². The molecular formula is C16H16. The lowest BCUT2D eigenvalue weighted by Gasteiger charge is -2.08. The Labute approximate surface area is 96.9 Å². The molecule has 2 aromatic rings. The first kappa shape index (κ1) is 9.65. The van der Waals surface area contributed by atoms with E-state index >= 15 is 0 Å². The summed E-state index contributed by atoms with van der Waals surface area (Å²) in [7, 11) is 0. The molecule has 1 aliphatic rings. The van der Waals surface area contributed by atoms with Gasteiger partial charge in [-0.2, -0.15) is 0 Å². The molecule has 0 amide bonds. The Morgan fingerprint density at radius 1 is 0.938 bits per heavy atom. The van der Waals surface area contributed by atoms with Crippen molar-refractivity contribution in [1.29, 1.82) is 0 Å². The van der Waals surface area contributed by atoms with Gasteiger partial charge in [-0.25, -0.2) is 0 Å². The molecule has 0 saturated carbocycles. The van der Waals surface area contributed by atoms with E-state index in [1.165, 1.54) is 24.0 Å². The predicted octanol–water partition coefficient (Wildman–Crippen LogP) is 4.40. The third kappa shape index (κ3) is 1.55. The molecule has 16 heavy (non-hydrogen) atoms. The standard InChI is InChI=1S/C16H16/c1-12-7-8-14-9-10-15(11-16(12)14)13-5-3-2-4-6-13/h2-6,9-12H,7-8H2,1H3. The van der Waals surface area contributed by atoms with E-state index in [0.717, 1.165) is 5.92 Å². The van der Waals surface area contributed by atoms with Crippen molar-refractivity contribution in [2.24, 2.45) is 0 Å². The topological polar surface area (TPSA) is 0 Å². The lowest BCUT2D eigenvalue weighted by molar-refractivity contribution is 0.747. The second kappa shape index (κ2) is 3.79. The van der Waals surface area contributed by atoms with Gasteiger partial charge in [-0.3, -0.25) is 0 Å². The maximum Gasteiger partial charge on any atom is -0.0181 e. The lowest BCUT2D eigenvalue weighted by atomic mass is 9.97. The summed E-state index contributed by atoms with van der Waals surface area (Å²) >= 11 is 0.